The van der Waals surface area contributed by atoms with Gasteiger partial charge in [0.05, 0.1) is 12.0 Å². The molecule has 5 heteroatoms. The molecule has 2 rings (SSSR count). The Hall–Kier alpha value is -1.65. The first-order chi connectivity index (χ1) is 8.05. The number of nitrogens with zero attached hydrogens (tertiary/aromatic N) is 1. The van der Waals surface area contributed by atoms with E-state index >= 15 is 0 Å². The maximum absolute atomic E-state index is 11.1. The molecule has 1 aliphatic carbocycles. The number of hydrogen-bond donors (Lipinski definition) is 1. The summed E-state index contributed by atoms with van der Waals surface area (Å²) in [7, 11) is 0. The van der Waals surface area contributed by atoms with Crippen LogP contribution in [0.25, 0.3) is 5.57 Å². The van der Waals surface area contributed by atoms with Crippen molar-refractivity contribution in [2.24, 2.45) is 5.73 Å². The quantitative estimate of drug-likeness (QED) is 0.498. The van der Waals surface area contributed by atoms with E-state index in [1.54, 1.807) is 42.5 Å². The molecule has 4 nitrogen and oxygen atoms in total. The number of halogens is 1. The second-order valence-electron chi connectivity index (χ2n) is 3.87. The van der Waals surface area contributed by atoms with E-state index in [-0.39, 0.29) is 6.42 Å². The van der Waals surface area contributed by atoms with Crippen molar-refractivity contribution in [1.82, 2.24) is 0 Å². The van der Waals surface area contributed by atoms with Crippen LogP contribution in [0.3, 0.4) is 0 Å². The topological polar surface area (TPSA) is 69.2 Å². The van der Waals surface area contributed by atoms with E-state index in [4.69, 9.17) is 17.3 Å². The third-order valence-corrected chi connectivity index (χ3v) is 3.11. The fourth-order valence-electron chi connectivity index (χ4n) is 1.84. The highest BCUT2D eigenvalue weighted by atomic mass is 35.5. The molecule has 0 amide bonds. The third kappa shape index (κ3) is 1.97. The summed E-state index contributed by atoms with van der Waals surface area (Å²) in [6.07, 6.45) is 5.25. The SMILES string of the molecule is NC1([N+](=O)[O-])CC=CC=C1c1ccccc1Cl. The summed E-state index contributed by atoms with van der Waals surface area (Å²) in [6, 6.07) is 6.98. The van der Waals surface area contributed by atoms with Gasteiger partial charge in [-0.05, 0) is 12.1 Å². The maximum Gasteiger partial charge on any atom is 0.302 e. The minimum atomic E-state index is -1.60. The summed E-state index contributed by atoms with van der Waals surface area (Å²) in [5.74, 6) is 0. The Morgan fingerprint density at radius 3 is 2.76 bits per heavy atom. The average molecular weight is 251 g/mol. The van der Waals surface area contributed by atoms with Crippen molar-refractivity contribution in [3.8, 4) is 0 Å². The Labute approximate surface area is 104 Å². The molecular formula is C12H11ClN2O2. The van der Waals surface area contributed by atoms with Crippen LogP contribution in [0.2, 0.25) is 5.02 Å². The minimum Gasteiger partial charge on any atom is -0.262 e. The molecule has 0 radical (unpaired) electrons. The Kier molecular flexibility index (Phi) is 3.00. The highest BCUT2D eigenvalue weighted by molar-refractivity contribution is 6.32. The summed E-state index contributed by atoms with van der Waals surface area (Å²) in [6.45, 7) is 0. The van der Waals surface area contributed by atoms with Gasteiger partial charge in [-0.2, -0.15) is 0 Å². The predicted octanol–water partition coefficient (Wildman–Crippen LogP) is 2.62. The van der Waals surface area contributed by atoms with Crippen molar-refractivity contribution in [2.75, 3.05) is 0 Å². The molecule has 0 bridgehead atoms. The molecule has 1 atom stereocenters. The van der Waals surface area contributed by atoms with Gasteiger partial charge in [0, 0.05) is 15.5 Å². The van der Waals surface area contributed by atoms with E-state index in [9.17, 15) is 10.1 Å². The van der Waals surface area contributed by atoms with Crippen LogP contribution in [-0.4, -0.2) is 10.6 Å². The fraction of sp³-hybridized carbons (Fsp3) is 0.167. The van der Waals surface area contributed by atoms with E-state index < -0.39 is 10.6 Å². The zero-order valence-electron chi connectivity index (χ0n) is 8.97. The first-order valence-electron chi connectivity index (χ1n) is 5.11. The summed E-state index contributed by atoms with van der Waals surface area (Å²) >= 11 is 6.05. The van der Waals surface area contributed by atoms with E-state index in [0.29, 0.717) is 16.2 Å². The highest BCUT2D eigenvalue weighted by Gasteiger charge is 2.43. The van der Waals surface area contributed by atoms with Crippen molar-refractivity contribution < 1.29 is 4.92 Å². The van der Waals surface area contributed by atoms with Crippen LogP contribution in [0.1, 0.15) is 12.0 Å². The number of rotatable bonds is 2. The molecule has 1 unspecified atom stereocenters. The summed E-state index contributed by atoms with van der Waals surface area (Å²) in [5.41, 5.74) is 5.32. The Morgan fingerprint density at radius 2 is 2.12 bits per heavy atom. The zero-order valence-corrected chi connectivity index (χ0v) is 9.72. The van der Waals surface area contributed by atoms with Crippen LogP contribution < -0.4 is 5.73 Å². The van der Waals surface area contributed by atoms with Gasteiger partial charge in [0.15, 0.2) is 0 Å². The summed E-state index contributed by atoms with van der Waals surface area (Å²) < 4.78 is 0. The highest BCUT2D eigenvalue weighted by Crippen LogP contribution is 2.35. The maximum atomic E-state index is 11.1. The van der Waals surface area contributed by atoms with Gasteiger partial charge in [0.1, 0.15) is 0 Å². The van der Waals surface area contributed by atoms with Gasteiger partial charge in [0.2, 0.25) is 0 Å². The molecule has 0 spiro atoms. The van der Waals surface area contributed by atoms with Crippen molar-refractivity contribution in [3.63, 3.8) is 0 Å². The Bertz CT molecular complexity index is 525. The van der Waals surface area contributed by atoms with Gasteiger partial charge < -0.3 is 0 Å². The summed E-state index contributed by atoms with van der Waals surface area (Å²) in [5, 5.41) is 11.6. The molecule has 0 heterocycles. The molecule has 0 saturated carbocycles. The van der Waals surface area contributed by atoms with Crippen molar-refractivity contribution in [2.45, 2.75) is 12.1 Å². The lowest BCUT2D eigenvalue weighted by Gasteiger charge is -2.25. The smallest absolute Gasteiger partial charge is 0.262 e. The summed E-state index contributed by atoms with van der Waals surface area (Å²) in [4.78, 5) is 10.7. The first kappa shape index (κ1) is 11.8. The van der Waals surface area contributed by atoms with E-state index in [2.05, 4.69) is 0 Å². The van der Waals surface area contributed by atoms with Gasteiger partial charge in [-0.1, -0.05) is 42.0 Å². The van der Waals surface area contributed by atoms with Crippen LogP contribution in [0, 0.1) is 10.1 Å². The standard InChI is InChI=1S/C12H11ClN2O2/c13-11-7-2-1-5-9(11)10-6-3-4-8-12(10,14)15(16)17/h1-7H,8,14H2. The zero-order chi connectivity index (χ0) is 12.5. The average Bonchev–Trinajstić information content (AvgIpc) is 2.31. The van der Waals surface area contributed by atoms with E-state index in [1.807, 2.05) is 0 Å². The predicted molar refractivity (Wildman–Crippen MR) is 67.1 cm³/mol. The molecular weight excluding hydrogens is 240 g/mol. The van der Waals surface area contributed by atoms with Gasteiger partial charge >= 0.3 is 5.66 Å². The molecule has 0 aromatic heterocycles. The van der Waals surface area contributed by atoms with Gasteiger partial charge in [-0.15, -0.1) is 0 Å². The van der Waals surface area contributed by atoms with Crippen LogP contribution in [-0.2, 0) is 0 Å². The van der Waals surface area contributed by atoms with E-state index in [1.165, 1.54) is 0 Å². The molecule has 88 valence electrons. The van der Waals surface area contributed by atoms with Gasteiger partial charge in [0.25, 0.3) is 0 Å². The number of hydrogen-bond acceptors (Lipinski definition) is 3. The largest absolute Gasteiger partial charge is 0.302 e. The van der Waals surface area contributed by atoms with Crippen molar-refractivity contribution in [3.05, 3.63) is 63.2 Å². The Morgan fingerprint density at radius 1 is 1.41 bits per heavy atom. The molecule has 17 heavy (non-hydrogen) atoms. The first-order valence-corrected chi connectivity index (χ1v) is 5.49. The van der Waals surface area contributed by atoms with Crippen LogP contribution in [0.5, 0.6) is 0 Å². The van der Waals surface area contributed by atoms with Crippen molar-refractivity contribution in [1.29, 1.82) is 0 Å². The van der Waals surface area contributed by atoms with Gasteiger partial charge in [-0.3, -0.25) is 15.8 Å². The van der Waals surface area contributed by atoms with Crippen LogP contribution in [0.4, 0.5) is 0 Å². The lowest BCUT2D eigenvalue weighted by Crippen LogP contribution is -2.49. The van der Waals surface area contributed by atoms with Gasteiger partial charge in [-0.25, -0.2) is 0 Å². The van der Waals surface area contributed by atoms with Crippen LogP contribution in [0.15, 0.2) is 42.5 Å². The number of nitro groups is 1. The molecule has 0 aliphatic heterocycles. The Balaban J connectivity index is 2.56. The third-order valence-electron chi connectivity index (χ3n) is 2.78. The minimum absolute atomic E-state index is 0.164. The molecule has 1 aliphatic rings. The second-order valence-corrected chi connectivity index (χ2v) is 4.28. The normalized spacial score (nSPS) is 23.3. The monoisotopic (exact) mass is 250 g/mol. The lowest BCUT2D eigenvalue weighted by molar-refractivity contribution is -0.549. The molecule has 1 aromatic carbocycles. The van der Waals surface area contributed by atoms with E-state index in [0.717, 1.165) is 0 Å². The van der Waals surface area contributed by atoms with Crippen LogP contribution >= 0.6 is 11.6 Å². The number of allylic oxidation sites excluding steroid dienone is 2. The van der Waals surface area contributed by atoms with Crippen molar-refractivity contribution >= 4 is 17.2 Å². The fourth-order valence-corrected chi connectivity index (χ4v) is 2.08. The molecule has 2 N–H and O–H groups in total. The molecule has 0 fully saturated rings. The number of benzene rings is 1. The molecule has 1 aromatic rings. The molecule has 0 saturated heterocycles. The number of nitrogens with two attached hydrogens (primary N) is 1. The second kappa shape index (κ2) is 4.31. The lowest BCUT2D eigenvalue weighted by atomic mass is 9.87.